The van der Waals surface area contributed by atoms with Gasteiger partial charge in [-0.05, 0) is 24.6 Å². The van der Waals surface area contributed by atoms with E-state index in [4.69, 9.17) is 34.5 Å². The number of morpholine rings is 1. The molecular formula is C24H28F7N5O7S. The van der Waals surface area contributed by atoms with Crippen LogP contribution in [0.3, 0.4) is 0 Å². The zero-order chi connectivity index (χ0) is 33.5. The maximum atomic E-state index is 13.6. The first-order valence-electron chi connectivity index (χ1n) is 12.5. The number of sulfonamides is 1. The standard InChI is InChI=1S/C20H26FN5O3S.2C2HF3O2/c1-24(2)19-17-6-8-26(30(27,28)16-5-3-4-15(21)14-16)9-7-18(17)22-20(23-19)25-10-12-29-13-11-25;2*3-2(4,5)1(6)7/h3-5,14H,6-13H2,1-2H3;2*(H,6,7). The molecule has 2 aliphatic rings. The molecule has 44 heavy (non-hydrogen) atoms. The number of fused-ring (bicyclic) bond motifs is 1. The van der Waals surface area contributed by atoms with Crippen LogP contribution in [-0.2, 0) is 37.2 Å². The number of ether oxygens (including phenoxy) is 1. The molecule has 20 heteroatoms. The Balaban J connectivity index is 0.000000402. The molecule has 12 nitrogen and oxygen atoms in total. The minimum atomic E-state index is -5.08. The first kappa shape index (κ1) is 36.4. The summed E-state index contributed by atoms with van der Waals surface area (Å²) in [7, 11) is 0.0722. The van der Waals surface area contributed by atoms with Crippen LogP contribution in [-0.4, -0.2) is 111 Å². The number of carbonyl (C=O) groups is 2. The average molecular weight is 664 g/mol. The molecule has 3 heterocycles. The normalized spacial score (nSPS) is 15.9. The number of hydrogen-bond donors (Lipinski definition) is 2. The number of nitrogens with zero attached hydrogens (tertiary/aromatic N) is 5. The van der Waals surface area contributed by atoms with Gasteiger partial charge in [0.05, 0.1) is 23.8 Å². The molecule has 0 atom stereocenters. The van der Waals surface area contributed by atoms with E-state index in [0.29, 0.717) is 38.5 Å². The molecule has 0 amide bonds. The molecule has 1 saturated heterocycles. The number of anilines is 2. The van der Waals surface area contributed by atoms with Crippen molar-refractivity contribution in [2.45, 2.75) is 30.1 Å². The Morgan fingerprint density at radius 1 is 0.909 bits per heavy atom. The summed E-state index contributed by atoms with van der Waals surface area (Å²) in [5.74, 6) is -4.61. The molecule has 0 unspecified atom stereocenters. The largest absolute Gasteiger partial charge is 0.490 e. The summed E-state index contributed by atoms with van der Waals surface area (Å²) in [6.07, 6.45) is -9.19. The van der Waals surface area contributed by atoms with Crippen LogP contribution in [0, 0.1) is 5.82 Å². The first-order chi connectivity index (χ1) is 20.2. The van der Waals surface area contributed by atoms with E-state index in [1.165, 1.54) is 22.5 Å². The van der Waals surface area contributed by atoms with E-state index in [1.807, 2.05) is 19.0 Å². The number of aliphatic carboxylic acids is 2. The second-order valence-electron chi connectivity index (χ2n) is 9.23. The van der Waals surface area contributed by atoms with E-state index in [9.17, 15) is 39.2 Å². The molecule has 2 aromatic rings. The molecule has 0 bridgehead atoms. The van der Waals surface area contributed by atoms with Gasteiger partial charge in [0.2, 0.25) is 16.0 Å². The highest BCUT2D eigenvalue weighted by Crippen LogP contribution is 2.28. The van der Waals surface area contributed by atoms with Crippen LogP contribution < -0.4 is 9.80 Å². The smallest absolute Gasteiger partial charge is 0.475 e. The topological polar surface area (TPSA) is 153 Å². The summed E-state index contributed by atoms with van der Waals surface area (Å²) in [4.78, 5) is 31.4. The van der Waals surface area contributed by atoms with Crippen LogP contribution in [0.25, 0.3) is 0 Å². The van der Waals surface area contributed by atoms with Crippen molar-refractivity contribution in [3.8, 4) is 0 Å². The molecule has 1 fully saturated rings. The second kappa shape index (κ2) is 14.8. The number of carboxylic acid groups (broad SMARTS) is 2. The van der Waals surface area contributed by atoms with Crippen LogP contribution in [0.5, 0.6) is 0 Å². The minimum absolute atomic E-state index is 0.0265. The predicted octanol–water partition coefficient (Wildman–Crippen LogP) is 2.57. The van der Waals surface area contributed by atoms with Gasteiger partial charge in [0.1, 0.15) is 11.6 Å². The zero-order valence-electron chi connectivity index (χ0n) is 23.2. The SMILES string of the molecule is CN(C)c1nc(N2CCOCC2)nc2c1CCN(S(=O)(=O)c1cccc(F)c1)CC2.O=C(O)C(F)(F)F.O=C(O)C(F)(F)F. The monoisotopic (exact) mass is 663 g/mol. The number of carboxylic acids is 2. The minimum Gasteiger partial charge on any atom is -0.475 e. The van der Waals surface area contributed by atoms with E-state index in [1.54, 1.807) is 0 Å². The third-order valence-electron chi connectivity index (χ3n) is 5.90. The van der Waals surface area contributed by atoms with Gasteiger partial charge in [-0.15, -0.1) is 0 Å². The first-order valence-corrected chi connectivity index (χ1v) is 13.9. The van der Waals surface area contributed by atoms with Crippen molar-refractivity contribution in [1.29, 1.82) is 0 Å². The highest BCUT2D eigenvalue weighted by Gasteiger charge is 2.39. The van der Waals surface area contributed by atoms with Crippen molar-refractivity contribution < 1.29 is 63.7 Å². The molecule has 1 aromatic carbocycles. The van der Waals surface area contributed by atoms with Gasteiger partial charge < -0.3 is 24.7 Å². The lowest BCUT2D eigenvalue weighted by molar-refractivity contribution is -0.193. The number of benzene rings is 1. The van der Waals surface area contributed by atoms with Gasteiger partial charge in [-0.2, -0.15) is 35.6 Å². The van der Waals surface area contributed by atoms with Crippen molar-refractivity contribution in [3.05, 3.63) is 41.3 Å². The van der Waals surface area contributed by atoms with Crippen molar-refractivity contribution in [2.75, 3.05) is 63.3 Å². The number of alkyl halides is 6. The van der Waals surface area contributed by atoms with Gasteiger partial charge in [0.15, 0.2) is 0 Å². The van der Waals surface area contributed by atoms with E-state index in [2.05, 4.69) is 4.90 Å². The molecule has 246 valence electrons. The summed E-state index contributed by atoms with van der Waals surface area (Å²) in [6.45, 7) is 3.32. The number of aromatic nitrogens is 2. The van der Waals surface area contributed by atoms with Crippen LogP contribution in [0.4, 0.5) is 42.5 Å². The molecular weight excluding hydrogens is 635 g/mol. The van der Waals surface area contributed by atoms with Crippen LogP contribution >= 0.6 is 0 Å². The lowest BCUT2D eigenvalue weighted by atomic mass is 10.1. The van der Waals surface area contributed by atoms with Crippen molar-refractivity contribution in [2.24, 2.45) is 0 Å². The molecule has 2 aliphatic heterocycles. The Kier molecular flexibility index (Phi) is 12.2. The van der Waals surface area contributed by atoms with Gasteiger partial charge in [0, 0.05) is 52.3 Å². The quantitative estimate of drug-likeness (QED) is 0.464. The van der Waals surface area contributed by atoms with Gasteiger partial charge >= 0.3 is 24.3 Å². The molecule has 0 aliphatic carbocycles. The fourth-order valence-corrected chi connectivity index (χ4v) is 5.31. The third kappa shape index (κ3) is 10.2. The maximum absolute atomic E-state index is 13.6. The van der Waals surface area contributed by atoms with Crippen LogP contribution in [0.2, 0.25) is 0 Å². The highest BCUT2D eigenvalue weighted by atomic mass is 32.2. The summed E-state index contributed by atoms with van der Waals surface area (Å²) in [5, 5.41) is 14.2. The predicted molar refractivity (Wildman–Crippen MR) is 139 cm³/mol. The second-order valence-corrected chi connectivity index (χ2v) is 11.2. The molecule has 4 rings (SSSR count). The molecule has 0 spiro atoms. The zero-order valence-corrected chi connectivity index (χ0v) is 24.0. The number of rotatable bonds is 4. The Labute approximate surface area is 246 Å². The van der Waals surface area contributed by atoms with Crippen molar-refractivity contribution in [1.82, 2.24) is 14.3 Å². The Morgan fingerprint density at radius 2 is 1.43 bits per heavy atom. The van der Waals surface area contributed by atoms with Gasteiger partial charge in [-0.3, -0.25) is 0 Å². The Morgan fingerprint density at radius 3 is 1.91 bits per heavy atom. The van der Waals surface area contributed by atoms with Gasteiger partial charge in [0.25, 0.3) is 0 Å². The van der Waals surface area contributed by atoms with Crippen LogP contribution in [0.1, 0.15) is 11.3 Å². The number of hydrogen-bond acceptors (Lipinski definition) is 9. The molecule has 0 radical (unpaired) electrons. The molecule has 0 saturated carbocycles. The van der Waals surface area contributed by atoms with Gasteiger partial charge in [-0.25, -0.2) is 27.4 Å². The lowest BCUT2D eigenvalue weighted by Gasteiger charge is -2.28. The average Bonchev–Trinajstić information content (AvgIpc) is 3.16. The lowest BCUT2D eigenvalue weighted by Crippen LogP contribution is -2.38. The fourth-order valence-electron chi connectivity index (χ4n) is 3.84. The number of halogens is 7. The van der Waals surface area contributed by atoms with E-state index in [0.717, 1.165) is 36.2 Å². The van der Waals surface area contributed by atoms with E-state index < -0.39 is 40.1 Å². The highest BCUT2D eigenvalue weighted by molar-refractivity contribution is 7.89. The van der Waals surface area contributed by atoms with E-state index >= 15 is 0 Å². The Bertz CT molecular complexity index is 1390. The third-order valence-corrected chi connectivity index (χ3v) is 7.80. The summed E-state index contributed by atoms with van der Waals surface area (Å²) in [6, 6.07) is 5.15. The Hall–Kier alpha value is -3.78. The molecule has 2 N–H and O–H groups in total. The maximum Gasteiger partial charge on any atom is 0.490 e. The summed E-state index contributed by atoms with van der Waals surface area (Å²) in [5.41, 5.74) is 1.83. The summed E-state index contributed by atoms with van der Waals surface area (Å²) < 4.78 is 110. The molecule has 1 aromatic heterocycles. The summed E-state index contributed by atoms with van der Waals surface area (Å²) >= 11 is 0. The van der Waals surface area contributed by atoms with Crippen molar-refractivity contribution in [3.63, 3.8) is 0 Å². The fraction of sp³-hybridized carbons (Fsp3) is 0.500. The van der Waals surface area contributed by atoms with Crippen molar-refractivity contribution >= 4 is 33.7 Å². The van der Waals surface area contributed by atoms with E-state index in [-0.39, 0.29) is 11.4 Å². The van der Waals surface area contributed by atoms with Gasteiger partial charge in [-0.1, -0.05) is 6.07 Å². The van der Waals surface area contributed by atoms with Crippen LogP contribution in [0.15, 0.2) is 29.2 Å².